The lowest BCUT2D eigenvalue weighted by molar-refractivity contribution is 0.157. The number of aliphatic hydroxyl groups excluding tert-OH is 1. The van der Waals surface area contributed by atoms with E-state index in [0.717, 1.165) is 12.1 Å². The highest BCUT2D eigenvalue weighted by molar-refractivity contribution is 5.18. The van der Waals surface area contributed by atoms with Crippen molar-refractivity contribution < 1.29 is 13.9 Å². The zero-order valence-corrected chi connectivity index (χ0v) is 9.58. The first-order valence-corrected chi connectivity index (χ1v) is 5.33. The molecule has 1 aromatic rings. The molecule has 90 valence electrons. The van der Waals surface area contributed by atoms with E-state index in [1.54, 1.807) is 0 Å². The fourth-order valence-electron chi connectivity index (χ4n) is 1.53. The van der Waals surface area contributed by atoms with Crippen molar-refractivity contribution in [1.29, 1.82) is 0 Å². The van der Waals surface area contributed by atoms with Gasteiger partial charge in [-0.2, -0.15) is 0 Å². The standard InChI is InChI=1S/C12H17F2NO/c1-9(2)15(5-6-16)8-10-7-11(13)3-4-12(10)14/h3-4,7,9,16H,5-6,8H2,1-2H3. The Morgan fingerprint density at radius 2 is 2.00 bits per heavy atom. The van der Waals surface area contributed by atoms with Crippen LogP contribution < -0.4 is 0 Å². The van der Waals surface area contributed by atoms with Gasteiger partial charge in [0.05, 0.1) is 6.61 Å². The Bertz CT molecular complexity index is 342. The number of benzene rings is 1. The van der Waals surface area contributed by atoms with E-state index >= 15 is 0 Å². The molecule has 0 atom stereocenters. The van der Waals surface area contributed by atoms with Gasteiger partial charge < -0.3 is 5.11 Å². The van der Waals surface area contributed by atoms with Gasteiger partial charge in [-0.1, -0.05) is 0 Å². The summed E-state index contributed by atoms with van der Waals surface area (Å²) in [6.45, 7) is 4.67. The van der Waals surface area contributed by atoms with Gasteiger partial charge in [0.1, 0.15) is 11.6 Å². The third kappa shape index (κ3) is 3.54. The van der Waals surface area contributed by atoms with Crippen molar-refractivity contribution in [3.8, 4) is 0 Å². The zero-order valence-electron chi connectivity index (χ0n) is 9.58. The van der Waals surface area contributed by atoms with Crippen LogP contribution in [-0.4, -0.2) is 29.2 Å². The summed E-state index contributed by atoms with van der Waals surface area (Å²) < 4.78 is 26.3. The van der Waals surface area contributed by atoms with Crippen molar-refractivity contribution in [3.63, 3.8) is 0 Å². The Hall–Kier alpha value is -1.00. The van der Waals surface area contributed by atoms with Crippen LogP contribution in [0.25, 0.3) is 0 Å². The molecule has 1 aromatic carbocycles. The molecule has 0 aromatic heterocycles. The molecule has 0 fully saturated rings. The number of hydrogen-bond donors (Lipinski definition) is 1. The lowest BCUT2D eigenvalue weighted by Gasteiger charge is -2.25. The molecule has 4 heteroatoms. The van der Waals surface area contributed by atoms with Gasteiger partial charge in [0.15, 0.2) is 0 Å². The van der Waals surface area contributed by atoms with Crippen LogP contribution in [0.4, 0.5) is 8.78 Å². The second-order valence-corrected chi connectivity index (χ2v) is 4.02. The first-order chi connectivity index (χ1) is 7.54. The molecular formula is C12H17F2NO. The number of halogens is 2. The van der Waals surface area contributed by atoms with Gasteiger partial charge in [-0.25, -0.2) is 8.78 Å². The Morgan fingerprint density at radius 1 is 1.31 bits per heavy atom. The smallest absolute Gasteiger partial charge is 0.127 e. The second-order valence-electron chi connectivity index (χ2n) is 4.02. The molecule has 0 aliphatic rings. The second kappa shape index (κ2) is 5.92. The molecule has 2 nitrogen and oxygen atoms in total. The molecular weight excluding hydrogens is 212 g/mol. The normalized spacial score (nSPS) is 11.4. The minimum Gasteiger partial charge on any atom is -0.395 e. The van der Waals surface area contributed by atoms with Crippen molar-refractivity contribution >= 4 is 0 Å². The van der Waals surface area contributed by atoms with Crippen LogP contribution in [0, 0.1) is 11.6 Å². The van der Waals surface area contributed by atoms with Crippen LogP contribution >= 0.6 is 0 Å². The molecule has 0 radical (unpaired) electrons. The molecule has 16 heavy (non-hydrogen) atoms. The molecule has 1 rings (SSSR count). The van der Waals surface area contributed by atoms with E-state index in [4.69, 9.17) is 5.11 Å². The summed E-state index contributed by atoms with van der Waals surface area (Å²) in [7, 11) is 0. The van der Waals surface area contributed by atoms with Gasteiger partial charge in [0.2, 0.25) is 0 Å². The van der Waals surface area contributed by atoms with Crippen molar-refractivity contribution in [2.24, 2.45) is 0 Å². The summed E-state index contributed by atoms with van der Waals surface area (Å²) in [5.41, 5.74) is 0.321. The van der Waals surface area contributed by atoms with E-state index < -0.39 is 11.6 Å². The summed E-state index contributed by atoms with van der Waals surface area (Å²) >= 11 is 0. The van der Waals surface area contributed by atoms with E-state index in [0.29, 0.717) is 18.7 Å². The largest absolute Gasteiger partial charge is 0.395 e. The summed E-state index contributed by atoms with van der Waals surface area (Å²) in [6, 6.07) is 3.60. The van der Waals surface area contributed by atoms with E-state index in [9.17, 15) is 8.78 Å². The predicted octanol–water partition coefficient (Wildman–Crippen LogP) is 2.17. The van der Waals surface area contributed by atoms with Gasteiger partial charge in [0.25, 0.3) is 0 Å². The first-order valence-electron chi connectivity index (χ1n) is 5.33. The highest BCUT2D eigenvalue weighted by atomic mass is 19.1. The number of nitrogens with zero attached hydrogens (tertiary/aromatic N) is 1. The van der Waals surface area contributed by atoms with E-state index in [2.05, 4.69) is 0 Å². The molecule has 0 saturated carbocycles. The molecule has 1 N–H and O–H groups in total. The molecule has 0 heterocycles. The Morgan fingerprint density at radius 3 is 2.56 bits per heavy atom. The van der Waals surface area contributed by atoms with Crippen molar-refractivity contribution in [3.05, 3.63) is 35.4 Å². The van der Waals surface area contributed by atoms with E-state index in [1.165, 1.54) is 6.07 Å². The van der Waals surface area contributed by atoms with Gasteiger partial charge in [-0.15, -0.1) is 0 Å². The molecule has 0 saturated heterocycles. The Kier molecular flexibility index (Phi) is 4.83. The van der Waals surface area contributed by atoms with Crippen LogP contribution in [-0.2, 0) is 6.54 Å². The maximum atomic E-state index is 13.4. The minimum atomic E-state index is -0.441. The minimum absolute atomic E-state index is 0.00904. The maximum absolute atomic E-state index is 13.4. The van der Waals surface area contributed by atoms with Gasteiger partial charge >= 0.3 is 0 Å². The van der Waals surface area contributed by atoms with Crippen LogP contribution in [0.2, 0.25) is 0 Å². The SMILES string of the molecule is CC(C)N(CCO)Cc1cc(F)ccc1F. The van der Waals surface area contributed by atoms with Crippen LogP contribution in [0.1, 0.15) is 19.4 Å². The van der Waals surface area contributed by atoms with E-state index in [-0.39, 0.29) is 12.6 Å². The lowest BCUT2D eigenvalue weighted by Crippen LogP contribution is -2.33. The number of aliphatic hydroxyl groups is 1. The average Bonchev–Trinajstić information content (AvgIpc) is 2.22. The summed E-state index contributed by atoms with van der Waals surface area (Å²) in [4.78, 5) is 1.89. The topological polar surface area (TPSA) is 23.5 Å². The Labute approximate surface area is 94.5 Å². The first kappa shape index (κ1) is 13.1. The molecule has 0 amide bonds. The summed E-state index contributed by atoms with van der Waals surface area (Å²) in [6.07, 6.45) is 0. The third-order valence-corrected chi connectivity index (χ3v) is 2.50. The van der Waals surface area contributed by atoms with Crippen molar-refractivity contribution in [2.75, 3.05) is 13.2 Å². The summed E-state index contributed by atoms with van der Waals surface area (Å²) in [5.74, 6) is -0.853. The zero-order chi connectivity index (χ0) is 12.1. The third-order valence-electron chi connectivity index (χ3n) is 2.50. The summed E-state index contributed by atoms with van der Waals surface area (Å²) in [5, 5.41) is 8.88. The molecule has 0 aliphatic carbocycles. The molecule has 0 spiro atoms. The average molecular weight is 229 g/mol. The van der Waals surface area contributed by atoms with Crippen LogP contribution in [0.15, 0.2) is 18.2 Å². The quantitative estimate of drug-likeness (QED) is 0.836. The monoisotopic (exact) mass is 229 g/mol. The van der Waals surface area contributed by atoms with Gasteiger partial charge in [-0.3, -0.25) is 4.90 Å². The van der Waals surface area contributed by atoms with Gasteiger partial charge in [-0.05, 0) is 32.0 Å². The Balaban J connectivity index is 2.80. The van der Waals surface area contributed by atoms with Crippen LogP contribution in [0.3, 0.4) is 0 Å². The fraction of sp³-hybridized carbons (Fsp3) is 0.500. The molecule has 0 aliphatic heterocycles. The lowest BCUT2D eigenvalue weighted by atomic mass is 10.1. The highest BCUT2D eigenvalue weighted by Crippen LogP contribution is 2.13. The number of hydrogen-bond acceptors (Lipinski definition) is 2. The van der Waals surface area contributed by atoms with E-state index in [1.807, 2.05) is 18.7 Å². The maximum Gasteiger partial charge on any atom is 0.127 e. The highest BCUT2D eigenvalue weighted by Gasteiger charge is 2.12. The van der Waals surface area contributed by atoms with Crippen LogP contribution in [0.5, 0.6) is 0 Å². The molecule has 0 unspecified atom stereocenters. The number of rotatable bonds is 5. The van der Waals surface area contributed by atoms with Gasteiger partial charge in [0, 0.05) is 24.7 Å². The fourth-order valence-corrected chi connectivity index (χ4v) is 1.53. The van der Waals surface area contributed by atoms with Crippen molar-refractivity contribution in [1.82, 2.24) is 4.90 Å². The molecule has 0 bridgehead atoms. The van der Waals surface area contributed by atoms with Crippen molar-refractivity contribution in [2.45, 2.75) is 26.4 Å². The predicted molar refractivity (Wildman–Crippen MR) is 59.0 cm³/mol.